The lowest BCUT2D eigenvalue weighted by Gasteiger charge is -2.27. The molecule has 2 amide bonds. The van der Waals surface area contributed by atoms with E-state index in [1.54, 1.807) is 18.2 Å². The Kier molecular flexibility index (Phi) is 5.07. The molecule has 1 aromatic carbocycles. The van der Waals surface area contributed by atoms with Gasteiger partial charge in [-0.3, -0.25) is 4.79 Å². The Labute approximate surface area is 128 Å². The van der Waals surface area contributed by atoms with E-state index in [1.807, 2.05) is 6.92 Å². The molecule has 3 N–H and O–H groups in total. The average molecular weight is 311 g/mol. The first-order chi connectivity index (χ1) is 9.97. The zero-order chi connectivity index (χ0) is 15.4. The van der Waals surface area contributed by atoms with Crippen LogP contribution >= 0.6 is 11.6 Å². The second-order valence-electron chi connectivity index (χ2n) is 5.40. The summed E-state index contributed by atoms with van der Waals surface area (Å²) in [5.74, 6) is -1.02. The summed E-state index contributed by atoms with van der Waals surface area (Å²) in [7, 11) is 0. The summed E-state index contributed by atoms with van der Waals surface area (Å²) in [6.07, 6.45) is 2.60. The van der Waals surface area contributed by atoms with E-state index in [0.717, 1.165) is 5.56 Å². The molecule has 2 rings (SSSR count). The number of benzene rings is 1. The van der Waals surface area contributed by atoms with E-state index in [1.165, 1.54) is 0 Å². The molecular weight excluding hydrogens is 292 g/mol. The predicted octanol–water partition coefficient (Wildman–Crippen LogP) is 3.41. The first kappa shape index (κ1) is 15.6. The number of anilines is 1. The van der Waals surface area contributed by atoms with E-state index in [0.29, 0.717) is 36.4 Å². The normalized spacial score (nSPS) is 21.6. The van der Waals surface area contributed by atoms with Crippen LogP contribution in [0.4, 0.5) is 10.5 Å². The van der Waals surface area contributed by atoms with Crippen molar-refractivity contribution < 1.29 is 14.7 Å². The summed E-state index contributed by atoms with van der Waals surface area (Å²) in [6, 6.07) is 5.09. The number of carboxylic acid groups (broad SMARTS) is 1. The Hall–Kier alpha value is -1.75. The van der Waals surface area contributed by atoms with E-state index < -0.39 is 5.97 Å². The molecule has 0 heterocycles. The number of carboxylic acids is 1. The van der Waals surface area contributed by atoms with E-state index in [-0.39, 0.29) is 18.0 Å². The van der Waals surface area contributed by atoms with E-state index in [2.05, 4.69) is 10.6 Å². The molecule has 0 bridgehead atoms. The van der Waals surface area contributed by atoms with Gasteiger partial charge in [-0.15, -0.1) is 0 Å². The smallest absolute Gasteiger partial charge is 0.319 e. The Morgan fingerprint density at radius 3 is 2.52 bits per heavy atom. The first-order valence-electron chi connectivity index (χ1n) is 7.03. The van der Waals surface area contributed by atoms with Crippen LogP contribution in [-0.4, -0.2) is 23.1 Å². The van der Waals surface area contributed by atoms with Crippen LogP contribution in [-0.2, 0) is 4.79 Å². The van der Waals surface area contributed by atoms with Gasteiger partial charge in [-0.25, -0.2) is 4.79 Å². The van der Waals surface area contributed by atoms with Gasteiger partial charge < -0.3 is 15.7 Å². The second-order valence-corrected chi connectivity index (χ2v) is 5.80. The minimum atomic E-state index is -0.743. The number of amides is 2. The van der Waals surface area contributed by atoms with Crippen LogP contribution in [0.5, 0.6) is 0 Å². The van der Waals surface area contributed by atoms with Gasteiger partial charge in [0.1, 0.15) is 0 Å². The van der Waals surface area contributed by atoms with Crippen molar-refractivity contribution in [1.82, 2.24) is 5.32 Å². The largest absolute Gasteiger partial charge is 0.481 e. The van der Waals surface area contributed by atoms with Crippen molar-refractivity contribution in [3.05, 3.63) is 28.8 Å². The number of carbonyl (C=O) groups is 2. The summed E-state index contributed by atoms with van der Waals surface area (Å²) in [6.45, 7) is 1.84. The van der Waals surface area contributed by atoms with Gasteiger partial charge >= 0.3 is 12.0 Å². The van der Waals surface area contributed by atoms with Crippen molar-refractivity contribution in [3.8, 4) is 0 Å². The molecule has 0 atom stereocenters. The zero-order valence-corrected chi connectivity index (χ0v) is 12.6. The molecule has 0 aromatic heterocycles. The third-order valence-corrected chi connectivity index (χ3v) is 4.34. The summed E-state index contributed by atoms with van der Waals surface area (Å²) in [5, 5.41) is 15.2. The molecule has 1 aliphatic rings. The highest BCUT2D eigenvalue weighted by molar-refractivity contribution is 6.31. The standard InChI is InChI=1S/C15H19ClN2O3/c1-9-12(16)3-2-4-13(9)18-15(21)17-11-7-5-10(6-8-11)14(19)20/h2-4,10-11H,5-8H2,1H3,(H,19,20)(H2,17,18,21). The minimum absolute atomic E-state index is 0.0279. The fraction of sp³-hybridized carbons (Fsp3) is 0.467. The van der Waals surface area contributed by atoms with Gasteiger partial charge in [-0.1, -0.05) is 17.7 Å². The number of hydrogen-bond donors (Lipinski definition) is 3. The third-order valence-electron chi connectivity index (χ3n) is 3.93. The number of aliphatic carboxylic acids is 1. The number of halogens is 1. The van der Waals surface area contributed by atoms with Crippen LogP contribution in [0.2, 0.25) is 5.02 Å². The maximum Gasteiger partial charge on any atom is 0.319 e. The quantitative estimate of drug-likeness (QED) is 0.800. The summed E-state index contributed by atoms with van der Waals surface area (Å²) in [5.41, 5.74) is 1.50. The third kappa shape index (κ3) is 4.11. The van der Waals surface area contributed by atoms with Crippen LogP contribution in [0.15, 0.2) is 18.2 Å². The molecule has 21 heavy (non-hydrogen) atoms. The van der Waals surface area contributed by atoms with Crippen molar-refractivity contribution in [2.75, 3.05) is 5.32 Å². The monoisotopic (exact) mass is 310 g/mol. The number of nitrogens with one attached hydrogen (secondary N) is 2. The number of rotatable bonds is 3. The molecule has 0 saturated heterocycles. The second kappa shape index (κ2) is 6.80. The zero-order valence-electron chi connectivity index (χ0n) is 11.9. The lowest BCUT2D eigenvalue weighted by atomic mass is 9.86. The van der Waals surface area contributed by atoms with E-state index in [9.17, 15) is 9.59 Å². The highest BCUT2D eigenvalue weighted by atomic mass is 35.5. The molecule has 114 valence electrons. The molecule has 0 unspecified atom stereocenters. The van der Waals surface area contributed by atoms with Gasteiger partial charge in [-0.2, -0.15) is 0 Å². The first-order valence-corrected chi connectivity index (χ1v) is 7.40. The molecule has 5 nitrogen and oxygen atoms in total. The van der Waals surface area contributed by atoms with Crippen molar-refractivity contribution in [2.24, 2.45) is 5.92 Å². The molecule has 0 aliphatic heterocycles. The lowest BCUT2D eigenvalue weighted by molar-refractivity contribution is -0.142. The van der Waals surface area contributed by atoms with Crippen LogP contribution in [0.25, 0.3) is 0 Å². The summed E-state index contributed by atoms with van der Waals surface area (Å²) in [4.78, 5) is 22.9. The van der Waals surface area contributed by atoms with Crippen molar-refractivity contribution in [3.63, 3.8) is 0 Å². The molecule has 1 aliphatic carbocycles. The molecule has 1 fully saturated rings. The topological polar surface area (TPSA) is 78.4 Å². The van der Waals surface area contributed by atoms with Crippen LogP contribution < -0.4 is 10.6 Å². The number of hydrogen-bond acceptors (Lipinski definition) is 2. The van der Waals surface area contributed by atoms with E-state index >= 15 is 0 Å². The molecule has 1 saturated carbocycles. The minimum Gasteiger partial charge on any atom is -0.481 e. The summed E-state index contributed by atoms with van der Waals surface area (Å²) >= 11 is 6.01. The fourth-order valence-electron chi connectivity index (χ4n) is 2.57. The maximum atomic E-state index is 12.0. The van der Waals surface area contributed by atoms with Gasteiger partial charge in [-0.05, 0) is 50.3 Å². The van der Waals surface area contributed by atoms with E-state index in [4.69, 9.17) is 16.7 Å². The van der Waals surface area contributed by atoms with Gasteiger partial charge in [0.25, 0.3) is 0 Å². The fourth-order valence-corrected chi connectivity index (χ4v) is 2.75. The van der Waals surface area contributed by atoms with Gasteiger partial charge in [0.2, 0.25) is 0 Å². The molecule has 0 spiro atoms. The Bertz CT molecular complexity index is 540. The summed E-state index contributed by atoms with van der Waals surface area (Å²) < 4.78 is 0. The van der Waals surface area contributed by atoms with Crippen molar-refractivity contribution >= 4 is 29.3 Å². The van der Waals surface area contributed by atoms with Crippen LogP contribution in [0.3, 0.4) is 0 Å². The van der Waals surface area contributed by atoms with Crippen LogP contribution in [0, 0.1) is 12.8 Å². The molecule has 0 radical (unpaired) electrons. The molecule has 1 aromatic rings. The Morgan fingerprint density at radius 2 is 1.90 bits per heavy atom. The highest BCUT2D eigenvalue weighted by Crippen LogP contribution is 2.25. The van der Waals surface area contributed by atoms with Gasteiger partial charge in [0.15, 0.2) is 0 Å². The van der Waals surface area contributed by atoms with Gasteiger partial charge in [0.05, 0.1) is 5.92 Å². The van der Waals surface area contributed by atoms with Gasteiger partial charge in [0, 0.05) is 16.8 Å². The highest BCUT2D eigenvalue weighted by Gasteiger charge is 2.26. The molecule has 6 heteroatoms. The molecular formula is C15H19ClN2O3. The number of carbonyl (C=O) groups excluding carboxylic acids is 1. The number of urea groups is 1. The average Bonchev–Trinajstić information content (AvgIpc) is 2.44. The van der Waals surface area contributed by atoms with Crippen molar-refractivity contribution in [1.29, 1.82) is 0 Å². The maximum absolute atomic E-state index is 12.0. The Balaban J connectivity index is 1.86. The SMILES string of the molecule is Cc1c(Cl)cccc1NC(=O)NC1CCC(C(=O)O)CC1. The predicted molar refractivity (Wildman–Crippen MR) is 81.7 cm³/mol. The van der Waals surface area contributed by atoms with Crippen molar-refractivity contribution in [2.45, 2.75) is 38.6 Å². The van der Waals surface area contributed by atoms with Crippen LogP contribution in [0.1, 0.15) is 31.2 Å². The Morgan fingerprint density at radius 1 is 1.24 bits per heavy atom. The lowest BCUT2D eigenvalue weighted by Crippen LogP contribution is -2.41.